The number of benzene rings is 2. The molecule has 1 unspecified atom stereocenters. The maximum absolute atomic E-state index is 12.4. The van der Waals surface area contributed by atoms with Crippen LogP contribution in [0.15, 0.2) is 40.9 Å². The summed E-state index contributed by atoms with van der Waals surface area (Å²) in [7, 11) is 1.58. The Bertz CT molecular complexity index is 970. The van der Waals surface area contributed by atoms with Crippen molar-refractivity contribution in [2.24, 2.45) is 0 Å². The van der Waals surface area contributed by atoms with Gasteiger partial charge in [-0.2, -0.15) is 0 Å². The van der Waals surface area contributed by atoms with Crippen molar-refractivity contribution >= 4 is 33.6 Å². The van der Waals surface area contributed by atoms with Crippen LogP contribution in [0.4, 0.5) is 10.5 Å². The first-order valence-corrected chi connectivity index (χ1v) is 10.9. The summed E-state index contributed by atoms with van der Waals surface area (Å²) in [6.45, 7) is 6.84. The molecule has 2 aromatic carbocycles. The summed E-state index contributed by atoms with van der Waals surface area (Å²) in [5.41, 5.74) is 3.67. The van der Waals surface area contributed by atoms with E-state index in [0.29, 0.717) is 30.8 Å². The number of rotatable bonds is 5. The molecule has 166 valence electrons. The molecule has 0 spiro atoms. The lowest BCUT2D eigenvalue weighted by molar-refractivity contribution is 0.0241. The van der Waals surface area contributed by atoms with Crippen molar-refractivity contribution in [1.29, 1.82) is 0 Å². The Balaban J connectivity index is 1.63. The van der Waals surface area contributed by atoms with Crippen LogP contribution in [0, 0.1) is 0 Å². The number of aliphatic hydroxyl groups is 1. The fourth-order valence-electron chi connectivity index (χ4n) is 3.34. The highest BCUT2D eigenvalue weighted by molar-refractivity contribution is 9.10. The maximum atomic E-state index is 12.4. The van der Waals surface area contributed by atoms with Crippen molar-refractivity contribution in [2.75, 3.05) is 18.9 Å². The minimum Gasteiger partial charge on any atom is -0.444 e. The lowest BCUT2D eigenvalue weighted by Gasteiger charge is -2.24. The number of hydrogen-bond acceptors (Lipinski definition) is 5. The third-order valence-corrected chi connectivity index (χ3v) is 5.59. The SMILES string of the molecule is CNC(=O)c1ccc(C(O)CNc2cc3c(cc2Br)CN(C(=O)OC(C)(C)C)C3)cc1. The number of amides is 2. The predicted molar refractivity (Wildman–Crippen MR) is 123 cm³/mol. The summed E-state index contributed by atoms with van der Waals surface area (Å²) < 4.78 is 6.33. The Morgan fingerprint density at radius 3 is 2.35 bits per heavy atom. The lowest BCUT2D eigenvalue weighted by Crippen LogP contribution is -2.33. The molecule has 1 aliphatic heterocycles. The zero-order valence-corrected chi connectivity index (χ0v) is 19.7. The van der Waals surface area contributed by atoms with Gasteiger partial charge in [0.2, 0.25) is 0 Å². The molecule has 7 nitrogen and oxygen atoms in total. The van der Waals surface area contributed by atoms with Gasteiger partial charge in [-0.05, 0) is 77.7 Å². The summed E-state index contributed by atoms with van der Waals surface area (Å²) in [6.07, 6.45) is -1.07. The smallest absolute Gasteiger partial charge is 0.410 e. The highest BCUT2D eigenvalue weighted by Crippen LogP contribution is 2.33. The second-order valence-corrected chi connectivity index (χ2v) is 9.39. The molecule has 0 aliphatic carbocycles. The molecule has 2 amide bonds. The highest BCUT2D eigenvalue weighted by Gasteiger charge is 2.28. The van der Waals surface area contributed by atoms with Gasteiger partial charge in [-0.25, -0.2) is 4.79 Å². The predicted octanol–water partition coefficient (Wildman–Crippen LogP) is 4.20. The third kappa shape index (κ3) is 5.77. The van der Waals surface area contributed by atoms with E-state index in [1.54, 1.807) is 36.2 Å². The average molecular weight is 490 g/mol. The first-order valence-electron chi connectivity index (χ1n) is 10.1. The fourth-order valence-corrected chi connectivity index (χ4v) is 3.87. The number of carbonyl (C=O) groups excluding carboxylic acids is 2. The zero-order chi connectivity index (χ0) is 22.8. The molecule has 3 rings (SSSR count). The van der Waals surface area contributed by atoms with E-state index in [9.17, 15) is 14.7 Å². The number of hydrogen-bond donors (Lipinski definition) is 3. The number of nitrogens with one attached hydrogen (secondary N) is 2. The van der Waals surface area contributed by atoms with E-state index in [1.807, 2.05) is 32.9 Å². The summed E-state index contributed by atoms with van der Waals surface area (Å²) >= 11 is 3.57. The number of aliphatic hydroxyl groups excluding tert-OH is 1. The number of carbonyl (C=O) groups is 2. The van der Waals surface area contributed by atoms with E-state index >= 15 is 0 Å². The Morgan fingerprint density at radius 1 is 1.16 bits per heavy atom. The molecule has 0 bridgehead atoms. The van der Waals surface area contributed by atoms with Crippen LogP contribution in [0.5, 0.6) is 0 Å². The van der Waals surface area contributed by atoms with Crippen LogP contribution in [-0.2, 0) is 17.8 Å². The van der Waals surface area contributed by atoms with Crippen LogP contribution in [0.3, 0.4) is 0 Å². The molecule has 1 heterocycles. The van der Waals surface area contributed by atoms with Gasteiger partial charge in [0.25, 0.3) is 5.91 Å². The second-order valence-electron chi connectivity index (χ2n) is 8.54. The number of nitrogens with zero attached hydrogens (tertiary/aromatic N) is 1. The van der Waals surface area contributed by atoms with Crippen LogP contribution < -0.4 is 10.6 Å². The van der Waals surface area contributed by atoms with Crippen molar-refractivity contribution in [3.05, 3.63) is 63.1 Å². The van der Waals surface area contributed by atoms with Crippen molar-refractivity contribution in [1.82, 2.24) is 10.2 Å². The number of ether oxygens (including phenoxy) is 1. The van der Waals surface area contributed by atoms with E-state index < -0.39 is 11.7 Å². The highest BCUT2D eigenvalue weighted by atomic mass is 79.9. The number of anilines is 1. The summed E-state index contributed by atoms with van der Waals surface area (Å²) in [6, 6.07) is 10.8. The Labute approximate surface area is 190 Å². The van der Waals surface area contributed by atoms with Crippen molar-refractivity contribution in [3.63, 3.8) is 0 Å². The van der Waals surface area contributed by atoms with Gasteiger partial charge in [0, 0.05) is 42.4 Å². The van der Waals surface area contributed by atoms with Crippen molar-refractivity contribution < 1.29 is 19.4 Å². The van der Waals surface area contributed by atoms with Crippen LogP contribution in [-0.4, -0.2) is 41.2 Å². The summed E-state index contributed by atoms with van der Waals surface area (Å²) in [5.74, 6) is -0.165. The third-order valence-electron chi connectivity index (χ3n) is 4.93. The molecule has 0 fully saturated rings. The van der Waals surface area contributed by atoms with Gasteiger partial charge in [-0.15, -0.1) is 0 Å². The zero-order valence-electron chi connectivity index (χ0n) is 18.2. The van der Waals surface area contributed by atoms with Gasteiger partial charge < -0.3 is 20.5 Å². The molecular formula is C23H28BrN3O4. The lowest BCUT2D eigenvalue weighted by atomic mass is 10.1. The normalized spacial score (nSPS) is 14.1. The minimum absolute atomic E-state index is 0.165. The van der Waals surface area contributed by atoms with E-state index in [-0.39, 0.29) is 12.0 Å². The van der Waals surface area contributed by atoms with E-state index in [1.165, 1.54) is 0 Å². The van der Waals surface area contributed by atoms with Crippen LogP contribution in [0.1, 0.15) is 53.9 Å². The van der Waals surface area contributed by atoms with Crippen LogP contribution in [0.25, 0.3) is 0 Å². The summed E-state index contributed by atoms with van der Waals surface area (Å²) in [4.78, 5) is 25.7. The van der Waals surface area contributed by atoms with Gasteiger partial charge in [-0.1, -0.05) is 12.1 Å². The molecule has 0 radical (unpaired) electrons. The standard InChI is InChI=1S/C23H28BrN3O4/c1-23(2,3)31-22(30)27-12-16-9-18(24)19(10-17(16)13-27)26-11-20(28)14-5-7-15(8-6-14)21(29)25-4/h5-10,20,26,28H,11-13H2,1-4H3,(H,25,29). The topological polar surface area (TPSA) is 90.9 Å². The van der Waals surface area contributed by atoms with E-state index in [0.717, 1.165) is 21.3 Å². The molecule has 1 aliphatic rings. The molecule has 0 saturated heterocycles. The molecule has 8 heteroatoms. The second kappa shape index (κ2) is 9.28. The van der Waals surface area contributed by atoms with Crippen LogP contribution in [0.2, 0.25) is 0 Å². The molecule has 31 heavy (non-hydrogen) atoms. The summed E-state index contributed by atoms with van der Waals surface area (Å²) in [5, 5.41) is 16.4. The quantitative estimate of drug-likeness (QED) is 0.585. The molecule has 3 N–H and O–H groups in total. The van der Waals surface area contributed by atoms with Crippen molar-refractivity contribution in [3.8, 4) is 0 Å². The van der Waals surface area contributed by atoms with Crippen LogP contribution >= 0.6 is 15.9 Å². The van der Waals surface area contributed by atoms with Gasteiger partial charge >= 0.3 is 6.09 Å². The molecule has 2 aromatic rings. The van der Waals surface area contributed by atoms with Gasteiger partial charge in [0.1, 0.15) is 5.60 Å². The first-order chi connectivity index (χ1) is 14.6. The van der Waals surface area contributed by atoms with E-state index in [2.05, 4.69) is 26.6 Å². The molecule has 0 saturated carbocycles. The first kappa shape index (κ1) is 23.1. The van der Waals surface area contributed by atoms with Gasteiger partial charge in [0.05, 0.1) is 6.10 Å². The van der Waals surface area contributed by atoms with Gasteiger partial charge in [-0.3, -0.25) is 9.69 Å². The molecular weight excluding hydrogens is 462 g/mol. The number of halogens is 1. The monoisotopic (exact) mass is 489 g/mol. The van der Waals surface area contributed by atoms with E-state index in [4.69, 9.17) is 4.74 Å². The average Bonchev–Trinajstić information content (AvgIpc) is 3.13. The minimum atomic E-state index is -0.739. The Morgan fingerprint density at radius 2 is 1.77 bits per heavy atom. The fraction of sp³-hybridized carbons (Fsp3) is 0.391. The number of fused-ring (bicyclic) bond motifs is 1. The molecule has 1 atom stereocenters. The largest absolute Gasteiger partial charge is 0.444 e. The molecule has 0 aromatic heterocycles. The Kier molecular flexibility index (Phi) is 6.91. The Hall–Kier alpha value is -2.58. The van der Waals surface area contributed by atoms with Gasteiger partial charge in [0.15, 0.2) is 0 Å². The maximum Gasteiger partial charge on any atom is 0.410 e. The van der Waals surface area contributed by atoms with Crippen molar-refractivity contribution in [2.45, 2.75) is 45.6 Å².